The zero-order valence-electron chi connectivity index (χ0n) is 20.8. The lowest BCUT2D eigenvalue weighted by molar-refractivity contribution is -0.120. The monoisotopic (exact) mass is 482 g/mol. The van der Waals surface area contributed by atoms with Crippen LogP contribution in [0.1, 0.15) is 21.5 Å². The van der Waals surface area contributed by atoms with Crippen molar-refractivity contribution in [2.75, 3.05) is 38.1 Å². The number of hydrogen-bond donors (Lipinski definition) is 2. The van der Waals surface area contributed by atoms with Gasteiger partial charge in [0.15, 0.2) is 5.78 Å². The number of piperazine rings is 1. The average Bonchev–Trinajstić information content (AvgIpc) is 2.93. The van der Waals surface area contributed by atoms with E-state index in [9.17, 15) is 9.59 Å². The number of anilines is 1. The van der Waals surface area contributed by atoms with Crippen LogP contribution in [0, 0.1) is 0 Å². The average molecular weight is 483 g/mol. The molecule has 2 N–H and O–H groups in total. The number of benzene rings is 3. The van der Waals surface area contributed by atoms with Crippen LogP contribution < -0.4 is 15.5 Å². The minimum Gasteiger partial charge on any atom is -0.375 e. The van der Waals surface area contributed by atoms with Gasteiger partial charge in [-0.05, 0) is 35.7 Å². The van der Waals surface area contributed by atoms with Gasteiger partial charge in [0.25, 0.3) is 5.91 Å². The Kier molecular flexibility index (Phi) is 8.40. The first-order valence-electron chi connectivity index (χ1n) is 12.4. The normalized spacial score (nSPS) is 14.1. The number of para-hydroxylation sites is 1. The van der Waals surface area contributed by atoms with Gasteiger partial charge in [-0.3, -0.25) is 9.59 Å². The van der Waals surface area contributed by atoms with Gasteiger partial charge in [0, 0.05) is 50.9 Å². The van der Waals surface area contributed by atoms with Crippen molar-refractivity contribution in [1.29, 1.82) is 0 Å². The molecule has 3 aromatic rings. The van der Waals surface area contributed by atoms with E-state index in [0.717, 1.165) is 48.8 Å². The minimum atomic E-state index is -0.621. The second-order valence-electron chi connectivity index (χ2n) is 9.02. The van der Waals surface area contributed by atoms with Crippen LogP contribution in [0.3, 0.4) is 0 Å². The van der Waals surface area contributed by atoms with Crippen LogP contribution in [0.25, 0.3) is 0 Å². The van der Waals surface area contributed by atoms with Gasteiger partial charge in [-0.1, -0.05) is 73.3 Å². The van der Waals surface area contributed by atoms with Crippen LogP contribution in [0.15, 0.2) is 97.3 Å². The van der Waals surface area contributed by atoms with Crippen LogP contribution in [-0.2, 0) is 17.6 Å². The summed E-state index contributed by atoms with van der Waals surface area (Å²) in [7, 11) is 1.89. The van der Waals surface area contributed by atoms with Gasteiger partial charge in [-0.15, -0.1) is 0 Å². The third-order valence-electron chi connectivity index (χ3n) is 6.66. The molecule has 1 amide bonds. The first kappa shape index (κ1) is 25.0. The van der Waals surface area contributed by atoms with Crippen LogP contribution in [0.4, 0.5) is 5.69 Å². The smallest absolute Gasteiger partial charge is 0.251 e. The molecule has 0 radical (unpaired) electrons. The number of nitrogens with one attached hydrogen (secondary N) is 2. The summed E-state index contributed by atoms with van der Waals surface area (Å²) >= 11 is 0. The molecule has 186 valence electrons. The van der Waals surface area contributed by atoms with E-state index in [-0.39, 0.29) is 18.1 Å². The van der Waals surface area contributed by atoms with Crippen molar-refractivity contribution in [3.8, 4) is 0 Å². The zero-order chi connectivity index (χ0) is 25.3. The molecule has 0 spiro atoms. The molecule has 36 heavy (non-hydrogen) atoms. The Labute approximate surface area is 213 Å². The molecule has 6 heteroatoms. The Morgan fingerprint density at radius 1 is 0.861 bits per heavy atom. The molecule has 6 nitrogen and oxygen atoms in total. The molecule has 0 aromatic heterocycles. The minimum absolute atomic E-state index is 0.00205. The van der Waals surface area contributed by atoms with Gasteiger partial charge in [0.05, 0.1) is 11.9 Å². The van der Waals surface area contributed by atoms with Crippen molar-refractivity contribution < 1.29 is 9.59 Å². The van der Waals surface area contributed by atoms with E-state index in [1.54, 1.807) is 12.1 Å². The quantitative estimate of drug-likeness (QED) is 0.462. The highest BCUT2D eigenvalue weighted by Crippen LogP contribution is 2.24. The van der Waals surface area contributed by atoms with E-state index < -0.39 is 6.04 Å². The van der Waals surface area contributed by atoms with Crippen molar-refractivity contribution in [3.05, 3.63) is 114 Å². The van der Waals surface area contributed by atoms with Gasteiger partial charge in [-0.2, -0.15) is 0 Å². The summed E-state index contributed by atoms with van der Waals surface area (Å²) in [6.07, 6.45) is 0.706. The number of carbonyl (C=O) groups excluding carboxylic acids is 2. The summed E-state index contributed by atoms with van der Waals surface area (Å²) in [6, 6.07) is 26.3. The molecule has 1 saturated heterocycles. The molecule has 4 rings (SSSR count). The first-order chi connectivity index (χ1) is 17.5. The number of amides is 1. The molecule has 1 unspecified atom stereocenters. The Hall–Kier alpha value is -4.06. The van der Waals surface area contributed by atoms with E-state index >= 15 is 0 Å². The molecule has 0 saturated carbocycles. The lowest BCUT2D eigenvalue weighted by Crippen LogP contribution is -2.48. The third-order valence-corrected chi connectivity index (χ3v) is 6.66. The highest BCUT2D eigenvalue weighted by atomic mass is 16.2. The number of rotatable bonds is 10. The molecule has 1 heterocycles. The summed E-state index contributed by atoms with van der Waals surface area (Å²) in [5, 5.41) is 6.12. The van der Waals surface area contributed by atoms with Crippen molar-refractivity contribution >= 4 is 17.4 Å². The van der Waals surface area contributed by atoms with E-state index in [1.165, 1.54) is 0 Å². The number of nitrogens with zero attached hydrogens (tertiary/aromatic N) is 2. The number of hydrogen-bond acceptors (Lipinski definition) is 5. The SMILES string of the molecule is C=C(NC)N1CCN(c2ccccc2CC(=O)C(Cc2ccccc2)NC(=O)c2ccccc2)CC1. The third kappa shape index (κ3) is 6.33. The molecule has 1 atom stereocenters. The van der Waals surface area contributed by atoms with Gasteiger partial charge in [-0.25, -0.2) is 0 Å². The maximum atomic E-state index is 13.6. The predicted molar refractivity (Wildman–Crippen MR) is 145 cm³/mol. The summed E-state index contributed by atoms with van der Waals surface area (Å²) in [6.45, 7) is 7.50. The topological polar surface area (TPSA) is 64.7 Å². The largest absolute Gasteiger partial charge is 0.375 e. The molecule has 3 aromatic carbocycles. The molecule has 0 aliphatic carbocycles. The van der Waals surface area contributed by atoms with Crippen molar-refractivity contribution in [3.63, 3.8) is 0 Å². The molecule has 1 fully saturated rings. The van der Waals surface area contributed by atoms with Gasteiger partial charge in [0.2, 0.25) is 0 Å². The summed E-state index contributed by atoms with van der Waals surface area (Å²) < 4.78 is 0. The Morgan fingerprint density at radius 3 is 2.14 bits per heavy atom. The Morgan fingerprint density at radius 2 is 1.47 bits per heavy atom. The van der Waals surface area contributed by atoms with Crippen molar-refractivity contribution in [2.45, 2.75) is 18.9 Å². The molecular formula is C30H34N4O2. The number of Topliss-reactive ketones (excluding diaryl/α,β-unsaturated/α-hetero) is 1. The maximum absolute atomic E-state index is 13.6. The zero-order valence-corrected chi connectivity index (χ0v) is 20.8. The molecular weight excluding hydrogens is 448 g/mol. The summed E-state index contributed by atoms with van der Waals surface area (Å²) in [5.41, 5.74) is 3.62. The van der Waals surface area contributed by atoms with Crippen LogP contribution in [0.5, 0.6) is 0 Å². The highest BCUT2D eigenvalue weighted by Gasteiger charge is 2.25. The fourth-order valence-corrected chi connectivity index (χ4v) is 4.58. The second kappa shape index (κ2) is 12.1. The molecule has 1 aliphatic rings. The number of ketones is 1. The Balaban J connectivity index is 1.50. The standard InChI is InChI=1S/C30H34N4O2/c1-23(31-2)33-17-19-34(20-18-33)28-16-10-9-15-26(28)22-29(35)27(21-24-11-5-3-6-12-24)32-30(36)25-13-7-4-8-14-25/h3-16,27,31H,1,17-22H2,2H3,(H,32,36). The van der Waals surface area contributed by atoms with Crippen molar-refractivity contribution in [1.82, 2.24) is 15.5 Å². The molecule has 0 bridgehead atoms. The van der Waals surface area contributed by atoms with Gasteiger partial charge < -0.3 is 20.4 Å². The second-order valence-corrected chi connectivity index (χ2v) is 9.02. The van der Waals surface area contributed by atoms with Gasteiger partial charge >= 0.3 is 0 Å². The van der Waals surface area contributed by atoms with Crippen molar-refractivity contribution in [2.24, 2.45) is 0 Å². The lowest BCUT2D eigenvalue weighted by Gasteiger charge is -2.38. The highest BCUT2D eigenvalue weighted by molar-refractivity contribution is 5.98. The van der Waals surface area contributed by atoms with E-state index in [1.807, 2.05) is 73.8 Å². The van der Waals surface area contributed by atoms with E-state index in [0.29, 0.717) is 12.0 Å². The Bertz CT molecular complexity index is 1170. The predicted octanol–water partition coefficient (Wildman–Crippen LogP) is 3.65. The van der Waals surface area contributed by atoms with Crippen LogP contribution in [0.2, 0.25) is 0 Å². The lowest BCUT2D eigenvalue weighted by atomic mass is 9.96. The maximum Gasteiger partial charge on any atom is 0.251 e. The van der Waals surface area contributed by atoms with Gasteiger partial charge in [0.1, 0.15) is 0 Å². The van der Waals surface area contributed by atoms with Crippen LogP contribution in [-0.4, -0.2) is 55.9 Å². The van der Waals surface area contributed by atoms with E-state index in [2.05, 4.69) is 33.1 Å². The molecule has 1 aliphatic heterocycles. The summed E-state index contributed by atoms with van der Waals surface area (Å²) in [5.74, 6) is 0.688. The van der Waals surface area contributed by atoms with Crippen LogP contribution >= 0.6 is 0 Å². The fraction of sp³-hybridized carbons (Fsp3) is 0.267. The first-order valence-corrected chi connectivity index (χ1v) is 12.4. The van der Waals surface area contributed by atoms with E-state index in [4.69, 9.17) is 0 Å². The summed E-state index contributed by atoms with van der Waals surface area (Å²) in [4.78, 5) is 31.1. The fourth-order valence-electron chi connectivity index (χ4n) is 4.58. The number of carbonyl (C=O) groups is 2.